The number of carbonyl (C=O) groups is 1. The maximum absolute atomic E-state index is 11.3. The zero-order chi connectivity index (χ0) is 14.2. The smallest absolute Gasteiger partial charge is 0.339 e. The van der Waals surface area contributed by atoms with Crippen LogP contribution in [0.1, 0.15) is 21.5 Å². The van der Waals surface area contributed by atoms with E-state index in [1.54, 1.807) is 18.8 Å². The minimum absolute atomic E-state index is 0.170. The zero-order valence-corrected chi connectivity index (χ0v) is 11.4. The molecule has 0 fully saturated rings. The normalized spacial score (nSPS) is 10.5. The summed E-state index contributed by atoms with van der Waals surface area (Å²) in [6, 6.07) is 3.83. The second kappa shape index (κ2) is 4.76. The largest absolute Gasteiger partial charge is 0.496 e. The molecule has 0 spiro atoms. The van der Waals surface area contributed by atoms with Crippen molar-refractivity contribution in [3.8, 4) is 17.0 Å². The van der Waals surface area contributed by atoms with Gasteiger partial charge < -0.3 is 9.84 Å². The molecule has 0 aliphatic rings. The number of hydrogen-bond donors (Lipinski definition) is 1. The lowest BCUT2D eigenvalue weighted by atomic mass is 10.0. The van der Waals surface area contributed by atoms with Crippen molar-refractivity contribution in [2.24, 2.45) is 7.05 Å². The van der Waals surface area contributed by atoms with E-state index in [0.29, 0.717) is 11.4 Å². The molecule has 0 amide bonds. The number of carboxylic acid groups (broad SMARTS) is 1. The number of rotatable bonds is 3. The van der Waals surface area contributed by atoms with Gasteiger partial charge in [-0.15, -0.1) is 0 Å². The summed E-state index contributed by atoms with van der Waals surface area (Å²) in [5.41, 5.74) is 3.63. The number of nitrogens with zero attached hydrogens (tertiary/aromatic N) is 2. The van der Waals surface area contributed by atoms with Gasteiger partial charge in [-0.25, -0.2) is 4.79 Å². The van der Waals surface area contributed by atoms with Crippen LogP contribution in [0.5, 0.6) is 5.75 Å². The first-order valence-electron chi connectivity index (χ1n) is 5.86. The quantitative estimate of drug-likeness (QED) is 0.920. The zero-order valence-electron chi connectivity index (χ0n) is 11.4. The fourth-order valence-corrected chi connectivity index (χ4v) is 2.06. The van der Waals surface area contributed by atoms with Gasteiger partial charge in [-0.1, -0.05) is 0 Å². The second-order valence-corrected chi connectivity index (χ2v) is 4.47. The average molecular weight is 260 g/mol. The molecule has 5 heteroatoms. The summed E-state index contributed by atoms with van der Waals surface area (Å²) in [5, 5.41) is 13.3. The van der Waals surface area contributed by atoms with E-state index in [1.165, 1.54) is 6.20 Å². The predicted molar refractivity (Wildman–Crippen MR) is 71.6 cm³/mol. The monoisotopic (exact) mass is 260 g/mol. The van der Waals surface area contributed by atoms with E-state index in [1.807, 2.05) is 26.0 Å². The number of hydrogen-bond acceptors (Lipinski definition) is 3. The van der Waals surface area contributed by atoms with Crippen molar-refractivity contribution in [3.05, 3.63) is 35.0 Å². The van der Waals surface area contributed by atoms with Crippen molar-refractivity contribution in [3.63, 3.8) is 0 Å². The molecular weight excluding hydrogens is 244 g/mol. The maximum Gasteiger partial charge on any atom is 0.339 e. The summed E-state index contributed by atoms with van der Waals surface area (Å²) < 4.78 is 6.91. The minimum Gasteiger partial charge on any atom is -0.496 e. The van der Waals surface area contributed by atoms with E-state index < -0.39 is 5.97 Å². The van der Waals surface area contributed by atoms with E-state index in [4.69, 9.17) is 4.74 Å². The number of aryl methyl sites for hydroxylation is 3. The van der Waals surface area contributed by atoms with Crippen molar-refractivity contribution in [1.29, 1.82) is 0 Å². The van der Waals surface area contributed by atoms with Crippen LogP contribution in [-0.4, -0.2) is 28.0 Å². The molecule has 0 aliphatic carbocycles. The van der Waals surface area contributed by atoms with Gasteiger partial charge in [-0.3, -0.25) is 4.68 Å². The molecule has 19 heavy (non-hydrogen) atoms. The van der Waals surface area contributed by atoms with Gasteiger partial charge in [0.15, 0.2) is 0 Å². The molecule has 5 nitrogen and oxygen atoms in total. The Hall–Kier alpha value is -2.30. The summed E-state index contributed by atoms with van der Waals surface area (Å²) in [6.07, 6.45) is 1.35. The lowest BCUT2D eigenvalue weighted by Crippen LogP contribution is -2.03. The van der Waals surface area contributed by atoms with Crippen LogP contribution in [0.15, 0.2) is 18.3 Å². The van der Waals surface area contributed by atoms with Gasteiger partial charge in [-0.2, -0.15) is 5.10 Å². The highest BCUT2D eigenvalue weighted by atomic mass is 16.5. The van der Waals surface area contributed by atoms with Gasteiger partial charge in [0, 0.05) is 12.6 Å². The van der Waals surface area contributed by atoms with Crippen LogP contribution in [0.4, 0.5) is 0 Å². The number of ether oxygens (including phenoxy) is 1. The van der Waals surface area contributed by atoms with Crippen LogP contribution < -0.4 is 4.74 Å². The van der Waals surface area contributed by atoms with Crippen LogP contribution >= 0.6 is 0 Å². The molecule has 100 valence electrons. The second-order valence-electron chi connectivity index (χ2n) is 4.47. The standard InChI is InChI=1S/C14H16N2O3/c1-8-5-10(12(19-4)6-9(8)2)13-11(14(17)18)7-15-16(13)3/h5-7H,1-4H3,(H,17,18). The molecule has 0 radical (unpaired) electrons. The van der Waals surface area contributed by atoms with Gasteiger partial charge in [0.2, 0.25) is 0 Å². The van der Waals surface area contributed by atoms with Crippen LogP contribution in [0.25, 0.3) is 11.3 Å². The first-order valence-corrected chi connectivity index (χ1v) is 5.86. The number of benzene rings is 1. The summed E-state index contributed by atoms with van der Waals surface area (Å²) in [6.45, 7) is 3.97. The van der Waals surface area contributed by atoms with Crippen molar-refractivity contribution >= 4 is 5.97 Å². The SMILES string of the molecule is COc1cc(C)c(C)cc1-c1c(C(=O)O)cnn1C. The summed E-state index contributed by atoms with van der Waals surface area (Å²) in [5.74, 6) is -0.349. The van der Waals surface area contributed by atoms with Gasteiger partial charge in [0.05, 0.1) is 19.0 Å². The third-order valence-corrected chi connectivity index (χ3v) is 3.24. The molecule has 0 aliphatic heterocycles. The van der Waals surface area contributed by atoms with Crippen molar-refractivity contribution in [2.45, 2.75) is 13.8 Å². The summed E-state index contributed by atoms with van der Waals surface area (Å²) >= 11 is 0. The van der Waals surface area contributed by atoms with E-state index in [0.717, 1.165) is 16.7 Å². The van der Waals surface area contributed by atoms with Crippen molar-refractivity contribution in [2.75, 3.05) is 7.11 Å². The minimum atomic E-state index is -0.997. The van der Waals surface area contributed by atoms with Gasteiger partial charge >= 0.3 is 5.97 Å². The Kier molecular flexibility index (Phi) is 3.29. The molecule has 0 bridgehead atoms. The highest BCUT2D eigenvalue weighted by Crippen LogP contribution is 2.34. The highest BCUT2D eigenvalue weighted by molar-refractivity contribution is 5.95. The maximum atomic E-state index is 11.3. The molecule has 1 aromatic heterocycles. The Morgan fingerprint density at radius 2 is 1.95 bits per heavy atom. The van der Waals surface area contributed by atoms with E-state index in [-0.39, 0.29) is 5.56 Å². The molecule has 0 atom stereocenters. The Morgan fingerprint density at radius 1 is 1.32 bits per heavy atom. The molecule has 1 N–H and O–H groups in total. The van der Waals surface area contributed by atoms with E-state index in [9.17, 15) is 9.90 Å². The lowest BCUT2D eigenvalue weighted by molar-refractivity contribution is 0.0697. The molecule has 1 heterocycles. The van der Waals surface area contributed by atoms with Crippen LogP contribution in [0, 0.1) is 13.8 Å². The number of methoxy groups -OCH3 is 1. The summed E-state index contributed by atoms with van der Waals surface area (Å²) in [7, 11) is 3.29. The number of aromatic nitrogens is 2. The van der Waals surface area contributed by atoms with Crippen LogP contribution in [-0.2, 0) is 7.05 Å². The first-order chi connectivity index (χ1) is 8.95. The molecule has 1 aromatic carbocycles. The molecule has 2 rings (SSSR count). The Labute approximate surface area is 111 Å². The highest BCUT2D eigenvalue weighted by Gasteiger charge is 2.20. The average Bonchev–Trinajstić information content (AvgIpc) is 2.74. The summed E-state index contributed by atoms with van der Waals surface area (Å²) in [4.78, 5) is 11.3. The van der Waals surface area contributed by atoms with Gasteiger partial charge in [0.1, 0.15) is 11.3 Å². The van der Waals surface area contributed by atoms with Gasteiger partial charge in [0.25, 0.3) is 0 Å². The number of aromatic carboxylic acids is 1. The fraction of sp³-hybridized carbons (Fsp3) is 0.286. The van der Waals surface area contributed by atoms with E-state index in [2.05, 4.69) is 5.10 Å². The molecular formula is C14H16N2O3. The molecule has 0 unspecified atom stereocenters. The van der Waals surface area contributed by atoms with Crippen molar-refractivity contribution < 1.29 is 14.6 Å². The Balaban J connectivity index is 2.75. The number of carboxylic acids is 1. The first kappa shape index (κ1) is 13.1. The predicted octanol–water partition coefficient (Wildman–Crippen LogP) is 2.41. The van der Waals surface area contributed by atoms with Crippen LogP contribution in [0.2, 0.25) is 0 Å². The molecule has 0 saturated heterocycles. The Morgan fingerprint density at radius 3 is 2.53 bits per heavy atom. The third-order valence-electron chi connectivity index (χ3n) is 3.24. The topological polar surface area (TPSA) is 64.3 Å². The lowest BCUT2D eigenvalue weighted by Gasteiger charge is -2.13. The fourth-order valence-electron chi connectivity index (χ4n) is 2.06. The van der Waals surface area contributed by atoms with Crippen molar-refractivity contribution in [1.82, 2.24) is 9.78 Å². The Bertz CT molecular complexity index is 644. The molecule has 0 saturated carbocycles. The van der Waals surface area contributed by atoms with Gasteiger partial charge in [-0.05, 0) is 37.1 Å². The third kappa shape index (κ3) is 2.19. The molecule has 2 aromatic rings. The van der Waals surface area contributed by atoms with E-state index >= 15 is 0 Å². The van der Waals surface area contributed by atoms with Crippen LogP contribution in [0.3, 0.4) is 0 Å².